The number of rotatable bonds is 5. The molecule has 0 atom stereocenters. The zero-order chi connectivity index (χ0) is 13.7. The summed E-state index contributed by atoms with van der Waals surface area (Å²) in [4.78, 5) is 15.4. The van der Waals surface area contributed by atoms with E-state index in [9.17, 15) is 9.90 Å². The number of anilines is 1. The van der Waals surface area contributed by atoms with Crippen molar-refractivity contribution >= 4 is 11.6 Å². The monoisotopic (exact) mass is 263 g/mol. The van der Waals surface area contributed by atoms with Gasteiger partial charge in [0, 0.05) is 38.3 Å². The van der Waals surface area contributed by atoms with Gasteiger partial charge in [-0.1, -0.05) is 0 Å². The smallest absolute Gasteiger partial charge is 0.217 e. The highest BCUT2D eigenvalue weighted by atomic mass is 16.3. The quantitative estimate of drug-likeness (QED) is 0.823. The van der Waals surface area contributed by atoms with E-state index < -0.39 is 0 Å². The van der Waals surface area contributed by atoms with Crippen molar-refractivity contribution in [3.8, 4) is 5.75 Å². The molecule has 1 saturated heterocycles. The largest absolute Gasteiger partial charge is 0.508 e. The lowest BCUT2D eigenvalue weighted by Crippen LogP contribution is -2.46. The Bertz CT molecular complexity index is 411. The topological polar surface area (TPSA) is 69.8 Å². The number of aromatic hydroxyl groups is 1. The number of hydrogen-bond donors (Lipinski definition) is 2. The lowest BCUT2D eigenvalue weighted by Gasteiger charge is -2.36. The third kappa shape index (κ3) is 4.13. The molecule has 3 N–H and O–H groups in total. The first-order chi connectivity index (χ1) is 9.15. The fourth-order valence-electron chi connectivity index (χ4n) is 2.37. The number of nitrogens with two attached hydrogens (primary N) is 1. The van der Waals surface area contributed by atoms with Crippen LogP contribution in [0.25, 0.3) is 0 Å². The van der Waals surface area contributed by atoms with Crippen LogP contribution in [0, 0.1) is 0 Å². The molecule has 1 heterocycles. The van der Waals surface area contributed by atoms with Gasteiger partial charge in [-0.2, -0.15) is 0 Å². The summed E-state index contributed by atoms with van der Waals surface area (Å²) in [5, 5.41) is 9.27. The minimum atomic E-state index is -0.220. The molecule has 2 rings (SSSR count). The normalized spacial score (nSPS) is 16.5. The number of primary amides is 1. The lowest BCUT2D eigenvalue weighted by molar-refractivity contribution is -0.118. The number of phenolic OH excluding ortho intramolecular Hbond substituents is 1. The molecule has 0 radical (unpaired) electrons. The highest BCUT2D eigenvalue weighted by Crippen LogP contribution is 2.19. The molecular formula is C14H21N3O2. The molecule has 0 spiro atoms. The number of carbonyl (C=O) groups excluding carboxylic acids is 1. The third-order valence-corrected chi connectivity index (χ3v) is 3.48. The maximum atomic E-state index is 10.7. The number of carbonyl (C=O) groups is 1. The van der Waals surface area contributed by atoms with Gasteiger partial charge in [0.15, 0.2) is 0 Å². The molecule has 1 amide bonds. The van der Waals surface area contributed by atoms with Gasteiger partial charge < -0.3 is 15.7 Å². The first kappa shape index (κ1) is 13.7. The van der Waals surface area contributed by atoms with Gasteiger partial charge in [0.25, 0.3) is 0 Å². The molecule has 1 aliphatic rings. The zero-order valence-electron chi connectivity index (χ0n) is 11.1. The molecule has 0 aromatic heterocycles. The first-order valence-corrected chi connectivity index (χ1v) is 6.70. The lowest BCUT2D eigenvalue weighted by atomic mass is 10.2. The molecule has 0 aliphatic carbocycles. The first-order valence-electron chi connectivity index (χ1n) is 6.70. The van der Waals surface area contributed by atoms with Gasteiger partial charge in [-0.25, -0.2) is 0 Å². The van der Waals surface area contributed by atoms with Crippen LogP contribution in [0.4, 0.5) is 5.69 Å². The van der Waals surface area contributed by atoms with Crippen molar-refractivity contribution in [1.82, 2.24) is 4.90 Å². The van der Waals surface area contributed by atoms with Crippen molar-refractivity contribution in [2.75, 3.05) is 37.6 Å². The second-order valence-corrected chi connectivity index (χ2v) is 4.91. The molecule has 1 aromatic carbocycles. The molecule has 0 unspecified atom stereocenters. The van der Waals surface area contributed by atoms with Gasteiger partial charge in [-0.3, -0.25) is 9.69 Å². The van der Waals surface area contributed by atoms with Crippen LogP contribution in [-0.4, -0.2) is 48.6 Å². The number of piperazine rings is 1. The summed E-state index contributed by atoms with van der Waals surface area (Å²) in [6.45, 7) is 4.88. The Morgan fingerprint density at radius 1 is 1.16 bits per heavy atom. The maximum absolute atomic E-state index is 10.7. The summed E-state index contributed by atoms with van der Waals surface area (Å²) in [7, 11) is 0. The summed E-state index contributed by atoms with van der Waals surface area (Å²) in [6, 6.07) is 7.32. The molecule has 1 fully saturated rings. The van der Waals surface area contributed by atoms with Crippen LogP contribution in [0.3, 0.4) is 0 Å². The van der Waals surface area contributed by atoms with Crippen molar-refractivity contribution in [2.24, 2.45) is 5.73 Å². The highest BCUT2D eigenvalue weighted by Gasteiger charge is 2.16. The molecule has 5 heteroatoms. The Balaban J connectivity index is 1.76. The minimum absolute atomic E-state index is 0.220. The van der Waals surface area contributed by atoms with E-state index in [0.717, 1.165) is 44.8 Å². The van der Waals surface area contributed by atoms with Crippen LogP contribution in [0.2, 0.25) is 0 Å². The summed E-state index contributed by atoms with van der Waals surface area (Å²) < 4.78 is 0. The van der Waals surface area contributed by atoms with Crippen LogP contribution in [0.1, 0.15) is 12.8 Å². The average molecular weight is 263 g/mol. The number of nitrogens with zero attached hydrogens (tertiary/aromatic N) is 2. The van der Waals surface area contributed by atoms with Gasteiger partial charge in [0.2, 0.25) is 5.91 Å². The molecule has 0 bridgehead atoms. The van der Waals surface area contributed by atoms with E-state index in [4.69, 9.17) is 5.73 Å². The molecule has 1 aliphatic heterocycles. The number of phenols is 1. The number of amides is 1. The Hall–Kier alpha value is -1.75. The van der Waals surface area contributed by atoms with Gasteiger partial charge >= 0.3 is 0 Å². The second kappa shape index (κ2) is 6.43. The maximum Gasteiger partial charge on any atom is 0.217 e. The number of hydrogen-bond acceptors (Lipinski definition) is 4. The standard InChI is InChI=1S/C14H21N3O2/c15-14(19)2-1-7-16-8-10-17(11-9-16)12-3-5-13(18)6-4-12/h3-6,18H,1-2,7-11H2,(H2,15,19). The second-order valence-electron chi connectivity index (χ2n) is 4.91. The van der Waals surface area contributed by atoms with Crippen molar-refractivity contribution in [3.63, 3.8) is 0 Å². The summed E-state index contributed by atoms with van der Waals surface area (Å²) in [5.74, 6) is 0.0802. The highest BCUT2D eigenvalue weighted by molar-refractivity contribution is 5.73. The van der Waals surface area contributed by atoms with E-state index >= 15 is 0 Å². The van der Waals surface area contributed by atoms with Crippen LogP contribution < -0.4 is 10.6 Å². The Morgan fingerprint density at radius 2 is 1.79 bits per heavy atom. The van der Waals surface area contributed by atoms with Crippen LogP contribution in [0.5, 0.6) is 5.75 Å². The summed E-state index contributed by atoms with van der Waals surface area (Å²) in [5.41, 5.74) is 6.28. The third-order valence-electron chi connectivity index (χ3n) is 3.48. The van der Waals surface area contributed by atoms with E-state index in [1.807, 2.05) is 12.1 Å². The van der Waals surface area contributed by atoms with Crippen molar-refractivity contribution < 1.29 is 9.90 Å². The minimum Gasteiger partial charge on any atom is -0.508 e. The van der Waals surface area contributed by atoms with Crippen LogP contribution >= 0.6 is 0 Å². The average Bonchev–Trinajstić information content (AvgIpc) is 2.40. The van der Waals surface area contributed by atoms with Crippen molar-refractivity contribution in [3.05, 3.63) is 24.3 Å². The van der Waals surface area contributed by atoms with Crippen LogP contribution in [0.15, 0.2) is 24.3 Å². The fourth-order valence-corrected chi connectivity index (χ4v) is 2.37. The van der Waals surface area contributed by atoms with E-state index in [1.165, 1.54) is 0 Å². The summed E-state index contributed by atoms with van der Waals surface area (Å²) >= 11 is 0. The van der Waals surface area contributed by atoms with E-state index in [0.29, 0.717) is 12.2 Å². The van der Waals surface area contributed by atoms with Gasteiger partial charge in [0.05, 0.1) is 0 Å². The zero-order valence-corrected chi connectivity index (χ0v) is 11.1. The predicted molar refractivity (Wildman–Crippen MR) is 75.2 cm³/mol. The SMILES string of the molecule is NC(=O)CCCN1CCN(c2ccc(O)cc2)CC1. The molecular weight excluding hydrogens is 242 g/mol. The molecule has 19 heavy (non-hydrogen) atoms. The van der Waals surface area contributed by atoms with E-state index in [-0.39, 0.29) is 5.91 Å². The molecule has 5 nitrogen and oxygen atoms in total. The number of benzene rings is 1. The molecule has 1 aromatic rings. The summed E-state index contributed by atoms with van der Waals surface area (Å²) in [6.07, 6.45) is 1.31. The fraction of sp³-hybridized carbons (Fsp3) is 0.500. The Morgan fingerprint density at radius 3 is 2.37 bits per heavy atom. The van der Waals surface area contributed by atoms with E-state index in [2.05, 4.69) is 9.80 Å². The van der Waals surface area contributed by atoms with Gasteiger partial charge in [-0.15, -0.1) is 0 Å². The van der Waals surface area contributed by atoms with E-state index in [1.54, 1.807) is 12.1 Å². The van der Waals surface area contributed by atoms with Gasteiger partial charge in [-0.05, 0) is 37.2 Å². The van der Waals surface area contributed by atoms with Crippen LogP contribution in [-0.2, 0) is 4.79 Å². The Labute approximate surface area is 113 Å². The van der Waals surface area contributed by atoms with Crippen molar-refractivity contribution in [2.45, 2.75) is 12.8 Å². The van der Waals surface area contributed by atoms with Crippen molar-refractivity contribution in [1.29, 1.82) is 0 Å². The van der Waals surface area contributed by atoms with Gasteiger partial charge in [0.1, 0.15) is 5.75 Å². The molecule has 104 valence electrons. The predicted octanol–water partition coefficient (Wildman–Crippen LogP) is 0.780. The molecule has 0 saturated carbocycles. The Kier molecular flexibility index (Phi) is 4.63.